The van der Waals surface area contributed by atoms with Crippen LogP contribution in [0, 0.1) is 22.7 Å². The van der Waals surface area contributed by atoms with Crippen LogP contribution < -0.4 is 9.47 Å². The minimum Gasteiger partial charge on any atom is -0.497 e. The van der Waals surface area contributed by atoms with E-state index in [4.69, 9.17) is 9.47 Å². The van der Waals surface area contributed by atoms with Crippen molar-refractivity contribution in [3.8, 4) is 11.5 Å². The summed E-state index contributed by atoms with van der Waals surface area (Å²) in [7, 11) is 3.37. The average Bonchev–Trinajstić information content (AvgIpc) is 2.59. The van der Waals surface area contributed by atoms with Crippen LogP contribution in [-0.2, 0) is 0 Å². The Kier molecular flexibility index (Phi) is 5.80. The van der Waals surface area contributed by atoms with Crippen molar-refractivity contribution in [1.29, 1.82) is 0 Å². The Labute approximate surface area is 169 Å². The topological polar surface area (TPSA) is 38.7 Å². The molecule has 4 heteroatoms. The van der Waals surface area contributed by atoms with E-state index in [0.29, 0.717) is 11.3 Å². The van der Waals surface area contributed by atoms with Gasteiger partial charge in [0.15, 0.2) is 0 Å². The molecule has 0 aliphatic heterocycles. The first-order valence-electron chi connectivity index (χ1n) is 10.2. The van der Waals surface area contributed by atoms with Gasteiger partial charge in [-0.3, -0.25) is 0 Å². The average molecular weight is 393 g/mol. The van der Waals surface area contributed by atoms with Gasteiger partial charge in [0, 0.05) is 22.6 Å². The molecule has 152 valence electrons. The molecule has 2 fully saturated rings. The minimum absolute atomic E-state index is 0.194. The highest BCUT2D eigenvalue weighted by atomic mass is 32.2. The number of thioether (sulfide) groups is 1. The molecule has 0 aromatic heterocycles. The Morgan fingerprint density at radius 3 is 2.22 bits per heavy atom. The summed E-state index contributed by atoms with van der Waals surface area (Å²) in [5, 5.41) is 11.3. The number of benzene rings is 1. The van der Waals surface area contributed by atoms with Crippen LogP contribution >= 0.6 is 11.8 Å². The standard InChI is InChI=1S/C23H36O3S/c1-21(2)9-7-10-22(3)19(21)8-11-23(4,24)20(22)15-27-18-13-16(25-5)12-17(14-18)26-6/h12-14,19-20,24H,7-11,15H2,1-6H3/t19?,20-,22+,23-/m1/s1. The predicted molar refractivity (Wildman–Crippen MR) is 113 cm³/mol. The van der Waals surface area contributed by atoms with Crippen molar-refractivity contribution < 1.29 is 14.6 Å². The van der Waals surface area contributed by atoms with Crippen molar-refractivity contribution in [1.82, 2.24) is 0 Å². The zero-order valence-corrected chi connectivity index (χ0v) is 18.6. The molecule has 3 nitrogen and oxygen atoms in total. The second-order valence-corrected chi connectivity index (χ2v) is 10.8. The predicted octanol–water partition coefficient (Wildman–Crippen LogP) is 5.79. The summed E-state index contributed by atoms with van der Waals surface area (Å²) in [6, 6.07) is 6.03. The molecular formula is C23H36O3S. The first-order valence-corrected chi connectivity index (χ1v) is 11.2. The summed E-state index contributed by atoms with van der Waals surface area (Å²) in [6.45, 7) is 9.38. The molecule has 2 saturated carbocycles. The van der Waals surface area contributed by atoms with E-state index in [1.54, 1.807) is 14.2 Å². The lowest BCUT2D eigenvalue weighted by molar-refractivity contribution is -0.158. The number of hydrogen-bond donors (Lipinski definition) is 1. The monoisotopic (exact) mass is 392 g/mol. The zero-order valence-electron chi connectivity index (χ0n) is 17.8. The first-order chi connectivity index (χ1) is 12.6. The lowest BCUT2D eigenvalue weighted by Crippen LogP contribution is -2.58. The van der Waals surface area contributed by atoms with Crippen molar-refractivity contribution >= 4 is 11.8 Å². The Bertz CT molecular complexity index is 647. The van der Waals surface area contributed by atoms with Crippen molar-refractivity contribution in [3.05, 3.63) is 18.2 Å². The molecule has 0 radical (unpaired) electrons. The minimum atomic E-state index is -0.603. The number of hydrogen-bond acceptors (Lipinski definition) is 4. The highest BCUT2D eigenvalue weighted by Crippen LogP contribution is 2.62. The van der Waals surface area contributed by atoms with Crippen LogP contribution in [0.2, 0.25) is 0 Å². The number of fused-ring (bicyclic) bond motifs is 1. The number of methoxy groups -OCH3 is 2. The van der Waals surface area contributed by atoms with Crippen molar-refractivity contribution in [2.75, 3.05) is 20.0 Å². The first kappa shape index (κ1) is 20.9. The summed E-state index contributed by atoms with van der Waals surface area (Å²) in [5.74, 6) is 3.52. The maximum atomic E-state index is 11.3. The second-order valence-electron chi connectivity index (χ2n) is 9.71. The van der Waals surface area contributed by atoms with E-state index in [0.717, 1.165) is 35.0 Å². The molecular weight excluding hydrogens is 356 g/mol. The molecule has 0 saturated heterocycles. The van der Waals surface area contributed by atoms with Crippen LogP contribution in [0.4, 0.5) is 0 Å². The summed E-state index contributed by atoms with van der Waals surface area (Å²) in [5.41, 5.74) is -0.0420. The van der Waals surface area contributed by atoms with E-state index in [1.807, 2.05) is 17.8 Å². The van der Waals surface area contributed by atoms with Gasteiger partial charge in [0.05, 0.1) is 19.8 Å². The van der Waals surface area contributed by atoms with Gasteiger partial charge in [-0.25, -0.2) is 0 Å². The molecule has 0 heterocycles. The van der Waals surface area contributed by atoms with Gasteiger partial charge >= 0.3 is 0 Å². The molecule has 0 bridgehead atoms. The van der Waals surface area contributed by atoms with Gasteiger partial charge in [0.1, 0.15) is 11.5 Å². The maximum absolute atomic E-state index is 11.3. The molecule has 27 heavy (non-hydrogen) atoms. The maximum Gasteiger partial charge on any atom is 0.123 e. The fourth-order valence-corrected chi connectivity index (χ4v) is 7.54. The molecule has 4 atom stereocenters. The molecule has 3 rings (SSSR count). The third-order valence-electron chi connectivity index (χ3n) is 7.50. The molecule has 0 spiro atoms. The Morgan fingerprint density at radius 2 is 1.63 bits per heavy atom. The van der Waals surface area contributed by atoms with Gasteiger partial charge in [-0.2, -0.15) is 0 Å². The van der Waals surface area contributed by atoms with Crippen LogP contribution in [0.15, 0.2) is 23.1 Å². The van der Waals surface area contributed by atoms with Crippen LogP contribution in [0.3, 0.4) is 0 Å². The van der Waals surface area contributed by atoms with E-state index < -0.39 is 5.60 Å². The van der Waals surface area contributed by atoms with E-state index >= 15 is 0 Å². The summed E-state index contributed by atoms with van der Waals surface area (Å²) >= 11 is 1.82. The molecule has 1 N–H and O–H groups in total. The van der Waals surface area contributed by atoms with Crippen molar-refractivity contribution in [2.45, 2.75) is 70.3 Å². The smallest absolute Gasteiger partial charge is 0.123 e. The Morgan fingerprint density at radius 1 is 1.00 bits per heavy atom. The fourth-order valence-electron chi connectivity index (χ4n) is 6.04. The number of ether oxygens (including phenoxy) is 2. The van der Waals surface area contributed by atoms with Gasteiger partial charge in [0.2, 0.25) is 0 Å². The zero-order chi connectivity index (χ0) is 19.9. The van der Waals surface area contributed by atoms with E-state index in [9.17, 15) is 5.11 Å². The van der Waals surface area contributed by atoms with Crippen molar-refractivity contribution in [2.24, 2.45) is 22.7 Å². The van der Waals surface area contributed by atoms with E-state index in [-0.39, 0.29) is 11.3 Å². The molecule has 1 aromatic carbocycles. The molecule has 1 unspecified atom stereocenters. The highest BCUT2D eigenvalue weighted by molar-refractivity contribution is 7.99. The lowest BCUT2D eigenvalue weighted by atomic mass is 9.46. The fraction of sp³-hybridized carbons (Fsp3) is 0.739. The quantitative estimate of drug-likeness (QED) is 0.644. The highest BCUT2D eigenvalue weighted by Gasteiger charge is 2.57. The number of rotatable bonds is 5. The van der Waals surface area contributed by atoms with Gasteiger partial charge in [-0.05, 0) is 61.5 Å². The van der Waals surface area contributed by atoms with Crippen LogP contribution in [0.1, 0.15) is 59.8 Å². The molecule has 0 amide bonds. The number of aliphatic hydroxyl groups is 1. The molecule has 1 aromatic rings. The van der Waals surface area contributed by atoms with Crippen LogP contribution in [-0.4, -0.2) is 30.7 Å². The van der Waals surface area contributed by atoms with Crippen molar-refractivity contribution in [3.63, 3.8) is 0 Å². The van der Waals surface area contributed by atoms with E-state index in [1.165, 1.54) is 19.3 Å². The van der Waals surface area contributed by atoms with Gasteiger partial charge in [0.25, 0.3) is 0 Å². The summed E-state index contributed by atoms with van der Waals surface area (Å²) in [4.78, 5) is 1.14. The van der Waals surface area contributed by atoms with Crippen LogP contribution in [0.25, 0.3) is 0 Å². The van der Waals surface area contributed by atoms with Crippen LogP contribution in [0.5, 0.6) is 11.5 Å². The lowest BCUT2D eigenvalue weighted by Gasteiger charge is -2.61. The third-order valence-corrected chi connectivity index (χ3v) is 8.57. The molecule has 2 aliphatic carbocycles. The normalized spacial score (nSPS) is 35.4. The van der Waals surface area contributed by atoms with Gasteiger partial charge in [-0.15, -0.1) is 11.8 Å². The van der Waals surface area contributed by atoms with E-state index in [2.05, 4.69) is 39.8 Å². The SMILES string of the molecule is COc1cc(OC)cc(SC[C@@H]2[C@@]3(C)CCCC(C)(C)C3CC[C@@]2(C)O)c1. The largest absolute Gasteiger partial charge is 0.497 e. The van der Waals surface area contributed by atoms with Gasteiger partial charge < -0.3 is 14.6 Å². The molecule has 2 aliphatic rings. The Hall–Kier alpha value is -0.870. The summed E-state index contributed by atoms with van der Waals surface area (Å²) in [6.07, 6.45) is 5.85. The summed E-state index contributed by atoms with van der Waals surface area (Å²) < 4.78 is 10.8. The third kappa shape index (κ3) is 3.98. The Balaban J connectivity index is 1.85. The van der Waals surface area contributed by atoms with Gasteiger partial charge in [-0.1, -0.05) is 27.2 Å². The second kappa shape index (κ2) is 7.51.